The monoisotopic (exact) mass is 193 g/mol. The second-order valence-corrected chi connectivity index (χ2v) is 1.71. The van der Waals surface area contributed by atoms with Gasteiger partial charge < -0.3 is 14.6 Å². The Hall–Kier alpha value is -1.08. The van der Waals surface area contributed by atoms with Crippen LogP contribution >= 0.6 is 0 Å². The number of carbonyl (C=O) groups is 1. The summed E-state index contributed by atoms with van der Waals surface area (Å²) < 4.78 is 60.7. The van der Waals surface area contributed by atoms with Crippen molar-refractivity contribution in [2.75, 3.05) is 6.67 Å². The van der Waals surface area contributed by atoms with E-state index in [9.17, 15) is 31.9 Å². The van der Waals surface area contributed by atoms with Crippen molar-refractivity contribution in [3.05, 3.63) is 0 Å². The molecule has 0 saturated heterocycles. The summed E-state index contributed by atoms with van der Waals surface area (Å²) in [6, 6.07) is 0. The molecule has 8 heteroatoms. The van der Waals surface area contributed by atoms with Crippen molar-refractivity contribution < 1.29 is 36.6 Å². The average Bonchev–Trinajstić information content (AvgIpc) is 1.84. The second-order valence-electron chi connectivity index (χ2n) is 1.71. The number of hydrogen-bond acceptors (Lipinski definition) is 3. The highest BCUT2D eigenvalue weighted by Gasteiger charge is 2.56. The number of hydrogen-bond donors (Lipinski definition) is 0. The van der Waals surface area contributed by atoms with Crippen LogP contribution in [0.25, 0.3) is 0 Å². The molecule has 0 saturated carbocycles. The van der Waals surface area contributed by atoms with Crippen molar-refractivity contribution in [2.45, 2.75) is 12.0 Å². The lowest BCUT2D eigenvalue weighted by molar-refractivity contribution is -0.375. The third-order valence-corrected chi connectivity index (χ3v) is 0.805. The molecule has 0 aliphatic rings. The molecular formula is C4H2F5O3-. The van der Waals surface area contributed by atoms with Crippen LogP contribution in [-0.2, 0) is 4.74 Å². The number of alkyl halides is 5. The van der Waals surface area contributed by atoms with Gasteiger partial charge in [0.1, 0.15) is 0 Å². The van der Waals surface area contributed by atoms with Gasteiger partial charge in [-0.1, -0.05) is 0 Å². The summed E-state index contributed by atoms with van der Waals surface area (Å²) in [5.74, 6) is -5.17. The predicted octanol–water partition coefficient (Wildman–Crippen LogP) is 0.544. The van der Waals surface area contributed by atoms with Gasteiger partial charge in [0.05, 0.1) is 0 Å². The topological polar surface area (TPSA) is 49.4 Å². The van der Waals surface area contributed by atoms with Crippen LogP contribution in [0.1, 0.15) is 0 Å². The van der Waals surface area contributed by atoms with Gasteiger partial charge in [-0.2, -0.15) is 17.6 Å². The second kappa shape index (κ2) is 3.11. The Kier molecular flexibility index (Phi) is 2.83. The standard InChI is InChI=1S/C4H3F5O3/c5-1-3(6,7)4(8,9)12-2(10)11/h1H2,(H,10,11)/p-1. The molecule has 0 unspecified atom stereocenters. The van der Waals surface area contributed by atoms with Crippen LogP contribution in [0, 0.1) is 0 Å². The van der Waals surface area contributed by atoms with E-state index in [2.05, 4.69) is 4.74 Å². The molecule has 0 N–H and O–H groups in total. The fraction of sp³-hybridized carbons (Fsp3) is 0.750. The molecule has 0 amide bonds. The van der Waals surface area contributed by atoms with E-state index in [1.807, 2.05) is 0 Å². The summed E-state index contributed by atoms with van der Waals surface area (Å²) in [7, 11) is 0. The molecule has 0 radical (unpaired) electrons. The lowest BCUT2D eigenvalue weighted by Crippen LogP contribution is -2.48. The first-order valence-electron chi connectivity index (χ1n) is 2.44. The molecule has 72 valence electrons. The molecule has 0 bridgehead atoms. The Labute approximate surface area is 62.7 Å². The fourth-order valence-corrected chi connectivity index (χ4v) is 0.257. The summed E-state index contributed by atoms with van der Waals surface area (Å²) in [5.41, 5.74) is 0. The Morgan fingerprint density at radius 1 is 1.33 bits per heavy atom. The van der Waals surface area contributed by atoms with Crippen LogP contribution in [0.4, 0.5) is 26.7 Å². The van der Waals surface area contributed by atoms with E-state index in [0.29, 0.717) is 0 Å². The fourth-order valence-electron chi connectivity index (χ4n) is 0.257. The Bertz CT molecular complexity index is 180. The van der Waals surface area contributed by atoms with E-state index in [1.54, 1.807) is 0 Å². The Balaban J connectivity index is 4.48. The predicted molar refractivity (Wildman–Crippen MR) is 22.3 cm³/mol. The van der Waals surface area contributed by atoms with Crippen molar-refractivity contribution in [3.63, 3.8) is 0 Å². The quantitative estimate of drug-likeness (QED) is 0.485. The minimum absolute atomic E-state index is 2.38. The zero-order valence-corrected chi connectivity index (χ0v) is 5.32. The van der Waals surface area contributed by atoms with Crippen molar-refractivity contribution in [1.29, 1.82) is 0 Å². The molecule has 0 heterocycles. The molecule has 0 aromatic carbocycles. The van der Waals surface area contributed by atoms with E-state index >= 15 is 0 Å². The van der Waals surface area contributed by atoms with Crippen molar-refractivity contribution in [1.82, 2.24) is 0 Å². The van der Waals surface area contributed by atoms with Gasteiger partial charge in [0.25, 0.3) is 6.16 Å². The van der Waals surface area contributed by atoms with Crippen LogP contribution in [0.5, 0.6) is 0 Å². The van der Waals surface area contributed by atoms with Crippen LogP contribution in [-0.4, -0.2) is 24.9 Å². The minimum atomic E-state index is -5.40. The third kappa shape index (κ3) is 2.21. The first kappa shape index (κ1) is 10.9. The lowest BCUT2D eigenvalue weighted by atomic mass is 10.3. The van der Waals surface area contributed by atoms with Gasteiger partial charge in [-0.3, -0.25) is 0 Å². The van der Waals surface area contributed by atoms with Gasteiger partial charge in [-0.25, -0.2) is 4.39 Å². The number of ether oxygens (including phenoxy) is 1. The van der Waals surface area contributed by atoms with E-state index in [-0.39, 0.29) is 0 Å². The van der Waals surface area contributed by atoms with Gasteiger partial charge in [0.2, 0.25) is 0 Å². The molecule has 0 spiro atoms. The molecular weight excluding hydrogens is 191 g/mol. The summed E-state index contributed by atoms with van der Waals surface area (Å²) >= 11 is 0. The highest BCUT2D eigenvalue weighted by atomic mass is 19.3. The minimum Gasteiger partial charge on any atom is -0.485 e. The van der Waals surface area contributed by atoms with Gasteiger partial charge in [-0.05, 0) is 0 Å². The zero-order chi connectivity index (χ0) is 9.99. The largest absolute Gasteiger partial charge is 0.485 e. The molecule has 12 heavy (non-hydrogen) atoms. The first-order valence-corrected chi connectivity index (χ1v) is 2.44. The number of halogens is 5. The molecule has 0 aliphatic heterocycles. The molecule has 0 rings (SSSR count). The van der Waals surface area contributed by atoms with Crippen LogP contribution in [0.2, 0.25) is 0 Å². The third-order valence-electron chi connectivity index (χ3n) is 0.805. The summed E-state index contributed by atoms with van der Waals surface area (Å²) in [4.78, 5) is 9.31. The Morgan fingerprint density at radius 2 is 1.75 bits per heavy atom. The van der Waals surface area contributed by atoms with Crippen LogP contribution in [0.15, 0.2) is 0 Å². The normalized spacial score (nSPS) is 12.8. The maximum absolute atomic E-state index is 11.8. The van der Waals surface area contributed by atoms with Crippen molar-refractivity contribution in [3.8, 4) is 0 Å². The highest BCUT2D eigenvalue weighted by molar-refractivity contribution is 5.54. The van der Waals surface area contributed by atoms with Gasteiger partial charge in [-0.15, -0.1) is 0 Å². The first-order chi connectivity index (χ1) is 5.23. The van der Waals surface area contributed by atoms with Crippen LogP contribution in [0.3, 0.4) is 0 Å². The summed E-state index contributed by atoms with van der Waals surface area (Å²) in [6.07, 6.45) is -8.26. The molecule has 0 fully saturated rings. The summed E-state index contributed by atoms with van der Waals surface area (Å²) in [5, 5.41) is 9.31. The van der Waals surface area contributed by atoms with Crippen molar-refractivity contribution >= 4 is 6.16 Å². The number of carbonyl (C=O) groups excluding carboxylic acids is 1. The number of rotatable bonds is 3. The molecule has 0 atom stereocenters. The highest BCUT2D eigenvalue weighted by Crippen LogP contribution is 2.35. The lowest BCUT2D eigenvalue weighted by Gasteiger charge is -2.26. The van der Waals surface area contributed by atoms with E-state index in [0.717, 1.165) is 0 Å². The van der Waals surface area contributed by atoms with E-state index in [1.165, 1.54) is 0 Å². The number of carboxylic acid groups (broad SMARTS) is 1. The van der Waals surface area contributed by atoms with Crippen molar-refractivity contribution in [2.24, 2.45) is 0 Å². The smallest absolute Gasteiger partial charge is 0.405 e. The van der Waals surface area contributed by atoms with Gasteiger partial charge in [0.15, 0.2) is 6.67 Å². The maximum atomic E-state index is 11.8. The molecule has 0 aromatic heterocycles. The zero-order valence-electron chi connectivity index (χ0n) is 5.32. The Morgan fingerprint density at radius 3 is 2.00 bits per heavy atom. The average molecular weight is 193 g/mol. The SMILES string of the molecule is O=C([O-])OC(F)(F)C(F)(F)CF. The van der Waals surface area contributed by atoms with E-state index in [4.69, 9.17) is 0 Å². The van der Waals surface area contributed by atoms with Gasteiger partial charge in [0, 0.05) is 0 Å². The maximum Gasteiger partial charge on any atom is 0.405 e. The molecule has 0 aromatic rings. The van der Waals surface area contributed by atoms with E-state index < -0.39 is 24.9 Å². The molecule has 0 aliphatic carbocycles. The van der Waals surface area contributed by atoms with Gasteiger partial charge >= 0.3 is 12.0 Å². The van der Waals surface area contributed by atoms with Crippen LogP contribution < -0.4 is 5.11 Å². The molecule has 3 nitrogen and oxygen atoms in total. The summed E-state index contributed by atoms with van der Waals surface area (Å²) in [6.45, 7) is -2.73.